The molecule has 0 radical (unpaired) electrons. The molecule has 1 rings (SSSR count). The number of alkyl halides is 1. The molecular weight excluding hydrogens is 286 g/mol. The Kier molecular flexibility index (Phi) is 4.22. The maximum absolute atomic E-state index is 10.8. The number of benzene rings is 1. The van der Waals surface area contributed by atoms with E-state index in [1.54, 1.807) is 0 Å². The second kappa shape index (κ2) is 5.29. The summed E-state index contributed by atoms with van der Waals surface area (Å²) in [7, 11) is -4.52. The molecule has 0 aliphatic carbocycles. The molecule has 0 heterocycles. The molecule has 0 spiro atoms. The van der Waals surface area contributed by atoms with Crippen molar-refractivity contribution in [1.29, 1.82) is 0 Å². The highest BCUT2D eigenvalue weighted by atomic mass is 35.5. The van der Waals surface area contributed by atoms with Crippen LogP contribution in [-0.4, -0.2) is 29.6 Å². The lowest BCUT2D eigenvalue weighted by Gasteiger charge is -2.01. The molecule has 18 heavy (non-hydrogen) atoms. The molecule has 0 saturated carbocycles. The summed E-state index contributed by atoms with van der Waals surface area (Å²) in [6.45, 7) is 0. The third-order valence-corrected chi connectivity index (χ3v) is 2.97. The van der Waals surface area contributed by atoms with Gasteiger partial charge in [-0.3, -0.25) is 14.7 Å². The van der Waals surface area contributed by atoms with Crippen LogP contribution in [0.4, 0.5) is 11.4 Å². The number of nitro groups is 1. The summed E-state index contributed by atoms with van der Waals surface area (Å²) < 4.78 is 30.5. The van der Waals surface area contributed by atoms with E-state index in [0.717, 1.165) is 12.1 Å². The SMILES string of the molecule is NC(CCl)=Nc1ccc(S(=O)(=O)O)cc1[N+](=O)[O-]. The van der Waals surface area contributed by atoms with E-state index in [4.69, 9.17) is 21.9 Å². The van der Waals surface area contributed by atoms with Gasteiger partial charge < -0.3 is 5.73 Å². The first kappa shape index (κ1) is 14.4. The van der Waals surface area contributed by atoms with Crippen LogP contribution in [0.15, 0.2) is 28.1 Å². The molecule has 8 nitrogen and oxygen atoms in total. The molecule has 3 N–H and O–H groups in total. The molecule has 0 atom stereocenters. The standard InChI is InChI=1S/C8H8ClN3O5S/c9-4-8(10)11-6-2-1-5(18(15,16)17)3-7(6)12(13)14/h1-3H,4H2,(H2,10,11)(H,15,16,17). The highest BCUT2D eigenvalue weighted by molar-refractivity contribution is 7.85. The number of aliphatic imine (C=N–C) groups is 1. The van der Waals surface area contributed by atoms with Crippen LogP contribution in [0, 0.1) is 10.1 Å². The topological polar surface area (TPSA) is 136 Å². The van der Waals surface area contributed by atoms with E-state index in [1.165, 1.54) is 0 Å². The number of hydrogen-bond acceptors (Lipinski definition) is 5. The maximum atomic E-state index is 10.8. The van der Waals surface area contributed by atoms with Crippen molar-refractivity contribution in [3.05, 3.63) is 28.3 Å². The first-order valence-corrected chi connectivity index (χ1v) is 6.38. The Hall–Kier alpha value is -1.71. The van der Waals surface area contributed by atoms with Gasteiger partial charge in [-0.1, -0.05) is 0 Å². The fourth-order valence-corrected chi connectivity index (χ4v) is 1.65. The minimum Gasteiger partial charge on any atom is -0.386 e. The Morgan fingerprint density at radius 3 is 2.61 bits per heavy atom. The van der Waals surface area contributed by atoms with Crippen molar-refractivity contribution < 1.29 is 17.9 Å². The summed E-state index contributed by atoms with van der Waals surface area (Å²) in [5.74, 6) is -0.184. The van der Waals surface area contributed by atoms with Gasteiger partial charge in [0, 0.05) is 6.07 Å². The van der Waals surface area contributed by atoms with E-state index in [0.29, 0.717) is 6.07 Å². The first-order chi connectivity index (χ1) is 8.25. The summed E-state index contributed by atoms with van der Waals surface area (Å²) in [5, 5.41) is 10.8. The second-order valence-corrected chi connectivity index (χ2v) is 4.81. The Morgan fingerprint density at radius 2 is 2.17 bits per heavy atom. The molecule has 98 valence electrons. The average Bonchev–Trinajstić information content (AvgIpc) is 2.27. The molecule has 0 aromatic heterocycles. The summed E-state index contributed by atoms with van der Waals surface area (Å²) >= 11 is 5.38. The first-order valence-electron chi connectivity index (χ1n) is 4.40. The lowest BCUT2D eigenvalue weighted by molar-refractivity contribution is -0.384. The minimum absolute atomic E-state index is 0.0561. The Balaban J connectivity index is 3.44. The summed E-state index contributed by atoms with van der Waals surface area (Å²) in [6, 6.07) is 2.72. The quantitative estimate of drug-likeness (QED) is 0.213. The number of halogens is 1. The molecule has 0 aliphatic rings. The smallest absolute Gasteiger partial charge is 0.296 e. The van der Waals surface area contributed by atoms with E-state index < -0.39 is 25.6 Å². The molecule has 1 aromatic carbocycles. The predicted octanol–water partition coefficient (Wildman–Crippen LogP) is 1.07. The van der Waals surface area contributed by atoms with Gasteiger partial charge in [-0.25, -0.2) is 4.99 Å². The van der Waals surface area contributed by atoms with Crippen molar-refractivity contribution >= 4 is 38.9 Å². The van der Waals surface area contributed by atoms with Gasteiger partial charge in [0.25, 0.3) is 15.8 Å². The fourth-order valence-electron chi connectivity index (χ4n) is 1.09. The number of amidine groups is 1. The van der Waals surface area contributed by atoms with Crippen molar-refractivity contribution in [2.24, 2.45) is 10.7 Å². The average molecular weight is 294 g/mol. The van der Waals surface area contributed by atoms with Gasteiger partial charge in [-0.15, -0.1) is 11.6 Å². The monoisotopic (exact) mass is 293 g/mol. The number of nitrogens with two attached hydrogens (primary N) is 1. The van der Waals surface area contributed by atoms with Gasteiger partial charge in [-0.05, 0) is 12.1 Å². The fraction of sp³-hybridized carbons (Fsp3) is 0.125. The van der Waals surface area contributed by atoms with Gasteiger partial charge in [0.2, 0.25) is 0 Å². The van der Waals surface area contributed by atoms with Crippen LogP contribution in [0.1, 0.15) is 0 Å². The zero-order chi connectivity index (χ0) is 13.9. The normalized spacial score (nSPS) is 12.4. The van der Waals surface area contributed by atoms with Crippen molar-refractivity contribution in [3.8, 4) is 0 Å². The van der Waals surface area contributed by atoms with Crippen LogP contribution in [0.2, 0.25) is 0 Å². The Labute approximate surface area is 107 Å². The summed E-state index contributed by atoms with van der Waals surface area (Å²) in [6.07, 6.45) is 0. The van der Waals surface area contributed by atoms with E-state index in [-0.39, 0.29) is 17.4 Å². The highest BCUT2D eigenvalue weighted by Crippen LogP contribution is 2.29. The van der Waals surface area contributed by atoms with Crippen molar-refractivity contribution in [3.63, 3.8) is 0 Å². The van der Waals surface area contributed by atoms with E-state index >= 15 is 0 Å². The van der Waals surface area contributed by atoms with E-state index in [9.17, 15) is 18.5 Å². The molecular formula is C8H8ClN3O5S. The van der Waals surface area contributed by atoms with E-state index in [2.05, 4.69) is 4.99 Å². The van der Waals surface area contributed by atoms with Crippen LogP contribution in [0.5, 0.6) is 0 Å². The molecule has 1 aromatic rings. The predicted molar refractivity (Wildman–Crippen MR) is 64.9 cm³/mol. The van der Waals surface area contributed by atoms with Crippen LogP contribution in [0.25, 0.3) is 0 Å². The largest absolute Gasteiger partial charge is 0.386 e. The van der Waals surface area contributed by atoms with E-state index in [1.807, 2.05) is 0 Å². The van der Waals surface area contributed by atoms with Crippen molar-refractivity contribution in [1.82, 2.24) is 0 Å². The van der Waals surface area contributed by atoms with Crippen molar-refractivity contribution in [2.75, 3.05) is 5.88 Å². The van der Waals surface area contributed by atoms with Gasteiger partial charge in [-0.2, -0.15) is 8.42 Å². The summed E-state index contributed by atoms with van der Waals surface area (Å²) in [5.41, 5.74) is 4.58. The number of rotatable bonds is 4. The highest BCUT2D eigenvalue weighted by Gasteiger charge is 2.19. The zero-order valence-electron chi connectivity index (χ0n) is 8.78. The number of nitrogens with zero attached hydrogens (tertiary/aromatic N) is 2. The Bertz CT molecular complexity index is 613. The molecule has 0 fully saturated rings. The lowest BCUT2D eigenvalue weighted by atomic mass is 10.3. The van der Waals surface area contributed by atoms with Crippen molar-refractivity contribution in [2.45, 2.75) is 4.90 Å². The lowest BCUT2D eigenvalue weighted by Crippen LogP contribution is -2.12. The van der Waals surface area contributed by atoms with Crippen LogP contribution in [0.3, 0.4) is 0 Å². The minimum atomic E-state index is -4.52. The molecule has 0 unspecified atom stereocenters. The van der Waals surface area contributed by atoms with Crippen LogP contribution >= 0.6 is 11.6 Å². The zero-order valence-corrected chi connectivity index (χ0v) is 10.3. The number of hydrogen-bond donors (Lipinski definition) is 2. The third kappa shape index (κ3) is 3.39. The van der Waals surface area contributed by atoms with Gasteiger partial charge in [0.15, 0.2) is 0 Å². The number of nitro benzene ring substituents is 1. The van der Waals surface area contributed by atoms with Crippen LogP contribution < -0.4 is 5.73 Å². The van der Waals surface area contributed by atoms with Gasteiger partial charge in [0.05, 0.1) is 10.8 Å². The third-order valence-electron chi connectivity index (χ3n) is 1.84. The molecule has 0 saturated heterocycles. The van der Waals surface area contributed by atoms with Crippen LogP contribution in [-0.2, 0) is 10.1 Å². The Morgan fingerprint density at radius 1 is 1.56 bits per heavy atom. The maximum Gasteiger partial charge on any atom is 0.296 e. The van der Waals surface area contributed by atoms with Gasteiger partial charge >= 0.3 is 0 Å². The molecule has 0 aliphatic heterocycles. The second-order valence-electron chi connectivity index (χ2n) is 3.12. The molecule has 0 bridgehead atoms. The molecule has 0 amide bonds. The van der Waals surface area contributed by atoms with Gasteiger partial charge in [0.1, 0.15) is 16.4 Å². The molecule has 10 heteroatoms. The summed E-state index contributed by atoms with van der Waals surface area (Å²) in [4.78, 5) is 13.0.